The Labute approximate surface area is 156 Å². The number of nitrogens with one attached hydrogen (secondary N) is 1. The Hall–Kier alpha value is -2.15. The van der Waals surface area contributed by atoms with E-state index in [1.165, 1.54) is 12.1 Å². The van der Waals surface area contributed by atoms with E-state index >= 15 is 0 Å². The Balaban J connectivity index is 1.63. The first kappa shape index (κ1) is 19.6. The number of H-pyrrole nitrogens is 1. The van der Waals surface area contributed by atoms with Crippen molar-refractivity contribution in [2.24, 2.45) is 5.92 Å². The molecule has 0 unspecified atom stereocenters. The highest BCUT2D eigenvalue weighted by atomic mass is 19.4. The van der Waals surface area contributed by atoms with Gasteiger partial charge in [0.25, 0.3) is 0 Å². The molecule has 0 saturated carbocycles. The van der Waals surface area contributed by atoms with Crippen molar-refractivity contribution >= 4 is 5.78 Å². The van der Waals surface area contributed by atoms with Crippen LogP contribution >= 0.6 is 0 Å². The molecule has 0 spiro atoms. The number of nitrogens with zero attached hydrogens (tertiary/aromatic N) is 2. The van der Waals surface area contributed by atoms with Gasteiger partial charge in [0, 0.05) is 30.3 Å². The zero-order valence-corrected chi connectivity index (χ0v) is 15.5. The molecular weight excluding hydrogens is 355 g/mol. The summed E-state index contributed by atoms with van der Waals surface area (Å²) in [4.78, 5) is 14.9. The van der Waals surface area contributed by atoms with E-state index in [9.17, 15) is 18.0 Å². The van der Waals surface area contributed by atoms with E-state index in [2.05, 4.69) is 28.9 Å². The second-order valence-corrected chi connectivity index (χ2v) is 7.49. The Morgan fingerprint density at radius 2 is 2.00 bits per heavy atom. The van der Waals surface area contributed by atoms with Crippen molar-refractivity contribution in [1.82, 2.24) is 15.1 Å². The van der Waals surface area contributed by atoms with E-state index in [1.807, 2.05) is 6.07 Å². The number of carbonyl (C=O) groups excluding carboxylic acids is 1. The molecular formula is C20H24F3N3O. The normalized spacial score (nSPS) is 18.8. The van der Waals surface area contributed by atoms with Gasteiger partial charge in [0.1, 0.15) is 0 Å². The summed E-state index contributed by atoms with van der Waals surface area (Å²) in [5, 5.41) is 7.35. The molecule has 0 aliphatic carbocycles. The maximum Gasteiger partial charge on any atom is 0.416 e. The molecule has 0 bridgehead atoms. The van der Waals surface area contributed by atoms with Gasteiger partial charge in [0.15, 0.2) is 5.78 Å². The number of benzene rings is 1. The SMILES string of the molecule is CC(C)c1cc(CN2CCC[C@@H](C(=O)c3ccc(C(F)(F)F)cc3)C2)[nH]n1. The molecule has 1 fully saturated rings. The summed E-state index contributed by atoms with van der Waals surface area (Å²) in [7, 11) is 0. The van der Waals surface area contributed by atoms with Crippen molar-refractivity contribution in [2.45, 2.75) is 45.3 Å². The number of Topliss-reactive ketones (excluding diaryl/α,β-unsaturated/α-hetero) is 1. The lowest BCUT2D eigenvalue weighted by Gasteiger charge is -2.31. The number of halogens is 3. The fourth-order valence-corrected chi connectivity index (χ4v) is 3.47. The number of piperidine rings is 1. The van der Waals surface area contributed by atoms with Crippen molar-refractivity contribution < 1.29 is 18.0 Å². The van der Waals surface area contributed by atoms with E-state index in [1.54, 1.807) is 0 Å². The van der Waals surface area contributed by atoms with E-state index in [4.69, 9.17) is 0 Å². The van der Waals surface area contributed by atoms with Crippen LogP contribution in [0.3, 0.4) is 0 Å². The molecule has 1 N–H and O–H groups in total. The van der Waals surface area contributed by atoms with Gasteiger partial charge in [-0.15, -0.1) is 0 Å². The van der Waals surface area contributed by atoms with Gasteiger partial charge >= 0.3 is 6.18 Å². The molecule has 0 amide bonds. The van der Waals surface area contributed by atoms with Crippen LogP contribution in [0.15, 0.2) is 30.3 Å². The molecule has 2 aromatic rings. The summed E-state index contributed by atoms with van der Waals surface area (Å²) in [5.74, 6) is 0.0780. The van der Waals surface area contributed by atoms with Gasteiger partial charge in [0.2, 0.25) is 0 Å². The Morgan fingerprint density at radius 1 is 1.30 bits per heavy atom. The number of ketones is 1. The molecule has 146 valence electrons. The molecule has 1 atom stereocenters. The van der Waals surface area contributed by atoms with Crippen LogP contribution in [-0.2, 0) is 12.7 Å². The third-order valence-electron chi connectivity index (χ3n) is 5.01. The molecule has 27 heavy (non-hydrogen) atoms. The van der Waals surface area contributed by atoms with Crippen LogP contribution in [-0.4, -0.2) is 34.0 Å². The van der Waals surface area contributed by atoms with Gasteiger partial charge in [-0.3, -0.25) is 14.8 Å². The predicted octanol–water partition coefficient (Wildman–Crippen LogP) is 4.65. The number of alkyl halides is 3. The smallest absolute Gasteiger partial charge is 0.297 e. The standard InChI is InChI=1S/C20H24F3N3O/c1-13(2)18-10-17(24-25-18)12-26-9-3-4-15(11-26)19(27)14-5-7-16(8-6-14)20(21,22)23/h5-8,10,13,15H,3-4,9,11-12H2,1-2H3,(H,24,25)/t15-/m1/s1. The average Bonchev–Trinajstić information content (AvgIpc) is 3.09. The molecule has 1 aliphatic rings. The van der Waals surface area contributed by atoms with Gasteiger partial charge in [-0.2, -0.15) is 18.3 Å². The van der Waals surface area contributed by atoms with Crippen molar-refractivity contribution in [3.63, 3.8) is 0 Å². The van der Waals surface area contributed by atoms with Crippen LogP contribution < -0.4 is 0 Å². The minimum atomic E-state index is -4.39. The third-order valence-corrected chi connectivity index (χ3v) is 5.01. The topological polar surface area (TPSA) is 49.0 Å². The van der Waals surface area contributed by atoms with Crippen molar-refractivity contribution in [2.75, 3.05) is 13.1 Å². The number of hydrogen-bond acceptors (Lipinski definition) is 3. The number of likely N-dealkylation sites (tertiary alicyclic amines) is 1. The number of rotatable bonds is 5. The van der Waals surface area contributed by atoms with Crippen molar-refractivity contribution in [1.29, 1.82) is 0 Å². The summed E-state index contributed by atoms with van der Waals surface area (Å²) in [6.07, 6.45) is -2.74. The minimum Gasteiger partial charge on any atom is -0.297 e. The summed E-state index contributed by atoms with van der Waals surface area (Å²) >= 11 is 0. The second-order valence-electron chi connectivity index (χ2n) is 7.49. The van der Waals surface area contributed by atoms with Crippen LogP contribution in [0.2, 0.25) is 0 Å². The van der Waals surface area contributed by atoms with Gasteiger partial charge in [-0.25, -0.2) is 0 Å². The lowest BCUT2D eigenvalue weighted by atomic mass is 9.89. The molecule has 4 nitrogen and oxygen atoms in total. The molecule has 7 heteroatoms. The Morgan fingerprint density at radius 3 is 2.59 bits per heavy atom. The van der Waals surface area contributed by atoms with E-state index in [-0.39, 0.29) is 11.7 Å². The minimum absolute atomic E-state index is 0.0825. The zero-order valence-electron chi connectivity index (χ0n) is 15.5. The molecule has 1 aromatic heterocycles. The van der Waals surface area contributed by atoms with E-state index < -0.39 is 11.7 Å². The predicted molar refractivity (Wildman–Crippen MR) is 96.5 cm³/mol. The van der Waals surface area contributed by atoms with Gasteiger partial charge in [-0.05, 0) is 43.5 Å². The van der Waals surface area contributed by atoms with Crippen LogP contribution in [0.4, 0.5) is 13.2 Å². The van der Waals surface area contributed by atoms with Crippen LogP contribution in [0, 0.1) is 5.92 Å². The highest BCUT2D eigenvalue weighted by Crippen LogP contribution is 2.30. The van der Waals surface area contributed by atoms with Crippen molar-refractivity contribution in [3.05, 3.63) is 52.8 Å². The van der Waals surface area contributed by atoms with Gasteiger partial charge < -0.3 is 0 Å². The van der Waals surface area contributed by atoms with Crippen molar-refractivity contribution in [3.8, 4) is 0 Å². The monoisotopic (exact) mass is 379 g/mol. The summed E-state index contributed by atoms with van der Waals surface area (Å²) in [6.45, 7) is 6.36. The lowest BCUT2D eigenvalue weighted by Crippen LogP contribution is -2.38. The molecule has 2 heterocycles. The maximum absolute atomic E-state index is 12.7. The number of hydrogen-bond donors (Lipinski definition) is 1. The molecule has 1 aliphatic heterocycles. The third kappa shape index (κ3) is 4.77. The van der Waals surface area contributed by atoms with Gasteiger partial charge in [-0.1, -0.05) is 26.0 Å². The second kappa shape index (κ2) is 7.84. The summed E-state index contributed by atoms with van der Waals surface area (Å²) in [6, 6.07) is 6.57. The first-order valence-electron chi connectivity index (χ1n) is 9.22. The van der Waals surface area contributed by atoms with E-state index in [0.29, 0.717) is 24.6 Å². The number of aromatic amines is 1. The number of carbonyl (C=O) groups is 1. The lowest BCUT2D eigenvalue weighted by molar-refractivity contribution is -0.137. The molecule has 3 rings (SSSR count). The Kier molecular flexibility index (Phi) is 5.69. The molecule has 1 aromatic carbocycles. The Bertz CT molecular complexity index is 781. The largest absolute Gasteiger partial charge is 0.416 e. The highest BCUT2D eigenvalue weighted by Gasteiger charge is 2.31. The van der Waals surface area contributed by atoms with E-state index in [0.717, 1.165) is 42.9 Å². The first-order valence-corrected chi connectivity index (χ1v) is 9.22. The maximum atomic E-state index is 12.7. The quantitative estimate of drug-likeness (QED) is 0.770. The zero-order chi connectivity index (χ0) is 19.6. The first-order chi connectivity index (χ1) is 12.7. The van der Waals surface area contributed by atoms with Gasteiger partial charge in [0.05, 0.1) is 11.3 Å². The molecule has 0 radical (unpaired) electrons. The number of aromatic nitrogens is 2. The van der Waals surface area contributed by atoms with Crippen LogP contribution in [0.1, 0.15) is 59.9 Å². The summed E-state index contributed by atoms with van der Waals surface area (Å²) in [5.41, 5.74) is 1.64. The average molecular weight is 379 g/mol. The fraction of sp³-hybridized carbons (Fsp3) is 0.500. The fourth-order valence-electron chi connectivity index (χ4n) is 3.47. The summed E-state index contributed by atoms with van der Waals surface area (Å²) < 4.78 is 38.1. The van der Waals surface area contributed by atoms with Crippen LogP contribution in [0.25, 0.3) is 0 Å². The highest BCUT2D eigenvalue weighted by molar-refractivity contribution is 5.98. The van der Waals surface area contributed by atoms with Crippen LogP contribution in [0.5, 0.6) is 0 Å². The molecule has 1 saturated heterocycles.